The van der Waals surface area contributed by atoms with E-state index in [4.69, 9.17) is 5.73 Å². The molecule has 1 amide bonds. The third-order valence-corrected chi connectivity index (χ3v) is 3.76. The van der Waals surface area contributed by atoms with Crippen LogP contribution in [0, 0.1) is 5.92 Å². The van der Waals surface area contributed by atoms with Crippen LogP contribution in [0.5, 0.6) is 0 Å². The summed E-state index contributed by atoms with van der Waals surface area (Å²) in [6, 6.07) is 3.54. The van der Waals surface area contributed by atoms with Crippen LogP contribution in [0.2, 0.25) is 0 Å². The first-order valence-electron chi connectivity index (χ1n) is 6.69. The Hall–Kier alpha value is -1.58. The zero-order valence-corrected chi connectivity index (χ0v) is 10.9. The van der Waals surface area contributed by atoms with Crippen molar-refractivity contribution in [1.82, 2.24) is 10.3 Å². The first-order valence-corrected chi connectivity index (χ1v) is 6.69. The number of carbonyl (C=O) groups excluding carboxylic acids is 1. The van der Waals surface area contributed by atoms with Gasteiger partial charge in [0.1, 0.15) is 5.82 Å². The quantitative estimate of drug-likeness (QED) is 0.861. The van der Waals surface area contributed by atoms with Gasteiger partial charge in [-0.1, -0.05) is 19.3 Å². The second-order valence-electron chi connectivity index (χ2n) is 5.13. The van der Waals surface area contributed by atoms with Crippen molar-refractivity contribution in [2.45, 2.75) is 45.1 Å². The largest absolute Gasteiger partial charge is 0.384 e. The van der Waals surface area contributed by atoms with Gasteiger partial charge in [0.05, 0.1) is 0 Å². The molecular formula is C14H21N3O. The van der Waals surface area contributed by atoms with E-state index in [9.17, 15) is 4.79 Å². The Morgan fingerprint density at radius 1 is 1.44 bits per heavy atom. The molecule has 3 N–H and O–H groups in total. The summed E-state index contributed by atoms with van der Waals surface area (Å²) >= 11 is 0. The van der Waals surface area contributed by atoms with Gasteiger partial charge in [-0.3, -0.25) is 4.79 Å². The van der Waals surface area contributed by atoms with Gasteiger partial charge in [0.25, 0.3) is 5.91 Å². The zero-order chi connectivity index (χ0) is 13.0. The summed E-state index contributed by atoms with van der Waals surface area (Å²) < 4.78 is 0. The molecule has 0 aliphatic heterocycles. The zero-order valence-electron chi connectivity index (χ0n) is 10.9. The molecule has 18 heavy (non-hydrogen) atoms. The van der Waals surface area contributed by atoms with Crippen molar-refractivity contribution >= 4 is 11.7 Å². The number of hydrogen-bond donors (Lipinski definition) is 2. The van der Waals surface area contributed by atoms with Crippen molar-refractivity contribution in [3.63, 3.8) is 0 Å². The fourth-order valence-corrected chi connectivity index (χ4v) is 2.63. The molecule has 98 valence electrons. The molecule has 1 unspecified atom stereocenters. The average molecular weight is 247 g/mol. The first kappa shape index (κ1) is 12.9. The van der Waals surface area contributed by atoms with Gasteiger partial charge in [-0.2, -0.15) is 0 Å². The standard InChI is InChI=1S/C14H21N3O/c1-10(11-5-3-2-4-6-11)17-14(18)12-7-8-16-13(15)9-12/h7-11H,2-6H2,1H3,(H2,15,16)(H,17,18). The van der Waals surface area contributed by atoms with E-state index in [2.05, 4.69) is 17.2 Å². The Morgan fingerprint density at radius 3 is 2.83 bits per heavy atom. The maximum atomic E-state index is 12.1. The van der Waals surface area contributed by atoms with Crippen molar-refractivity contribution in [1.29, 1.82) is 0 Å². The van der Waals surface area contributed by atoms with E-state index in [0.29, 0.717) is 17.3 Å². The molecule has 1 aliphatic rings. The fourth-order valence-electron chi connectivity index (χ4n) is 2.63. The van der Waals surface area contributed by atoms with Crippen molar-refractivity contribution in [3.05, 3.63) is 23.9 Å². The van der Waals surface area contributed by atoms with Gasteiger partial charge in [0, 0.05) is 17.8 Å². The molecule has 0 radical (unpaired) electrons. The van der Waals surface area contributed by atoms with E-state index in [1.165, 1.54) is 32.1 Å². The third kappa shape index (κ3) is 3.22. The van der Waals surface area contributed by atoms with E-state index in [0.717, 1.165) is 0 Å². The molecular weight excluding hydrogens is 226 g/mol. The molecule has 1 saturated carbocycles. The monoisotopic (exact) mass is 247 g/mol. The van der Waals surface area contributed by atoms with Crippen molar-refractivity contribution in [2.24, 2.45) is 5.92 Å². The van der Waals surface area contributed by atoms with E-state index in [1.807, 2.05) is 0 Å². The Kier molecular flexibility index (Phi) is 4.18. The Labute approximate surface area is 108 Å². The van der Waals surface area contributed by atoms with Crippen LogP contribution in [-0.2, 0) is 0 Å². The lowest BCUT2D eigenvalue weighted by atomic mass is 9.84. The second-order valence-corrected chi connectivity index (χ2v) is 5.13. The number of nitrogens with one attached hydrogen (secondary N) is 1. The molecule has 1 fully saturated rings. The molecule has 0 saturated heterocycles. The highest BCUT2D eigenvalue weighted by Gasteiger charge is 2.21. The molecule has 4 nitrogen and oxygen atoms in total. The number of rotatable bonds is 3. The van der Waals surface area contributed by atoms with Crippen LogP contribution in [0.25, 0.3) is 0 Å². The predicted molar refractivity (Wildman–Crippen MR) is 72.2 cm³/mol. The van der Waals surface area contributed by atoms with Gasteiger partial charge >= 0.3 is 0 Å². The maximum absolute atomic E-state index is 12.1. The molecule has 4 heteroatoms. The van der Waals surface area contributed by atoms with Crippen LogP contribution >= 0.6 is 0 Å². The number of hydrogen-bond acceptors (Lipinski definition) is 3. The molecule has 0 spiro atoms. The van der Waals surface area contributed by atoms with Crippen LogP contribution in [-0.4, -0.2) is 16.9 Å². The van der Waals surface area contributed by atoms with Gasteiger partial charge in [-0.15, -0.1) is 0 Å². The molecule has 1 aliphatic carbocycles. The number of aromatic nitrogens is 1. The van der Waals surface area contributed by atoms with Crippen LogP contribution < -0.4 is 11.1 Å². The maximum Gasteiger partial charge on any atom is 0.251 e. The number of pyridine rings is 1. The van der Waals surface area contributed by atoms with Gasteiger partial charge in [-0.05, 0) is 37.8 Å². The molecule has 2 rings (SSSR count). The van der Waals surface area contributed by atoms with E-state index < -0.39 is 0 Å². The van der Waals surface area contributed by atoms with E-state index >= 15 is 0 Å². The molecule has 0 aromatic carbocycles. The predicted octanol–water partition coefficient (Wildman–Crippen LogP) is 2.36. The fraction of sp³-hybridized carbons (Fsp3) is 0.571. The Morgan fingerprint density at radius 2 is 2.17 bits per heavy atom. The van der Waals surface area contributed by atoms with E-state index in [1.54, 1.807) is 18.3 Å². The Bertz CT molecular complexity index is 413. The minimum atomic E-state index is -0.0535. The Balaban J connectivity index is 1.94. The highest BCUT2D eigenvalue weighted by Crippen LogP contribution is 2.26. The number of anilines is 1. The third-order valence-electron chi connectivity index (χ3n) is 3.76. The lowest BCUT2D eigenvalue weighted by molar-refractivity contribution is 0.0919. The van der Waals surface area contributed by atoms with Crippen LogP contribution in [0.1, 0.15) is 49.4 Å². The molecule has 0 bridgehead atoms. The average Bonchev–Trinajstić information content (AvgIpc) is 2.39. The molecule has 1 aromatic heterocycles. The minimum absolute atomic E-state index is 0.0535. The van der Waals surface area contributed by atoms with Gasteiger partial charge in [0.15, 0.2) is 0 Å². The summed E-state index contributed by atoms with van der Waals surface area (Å²) in [6.07, 6.45) is 7.91. The van der Waals surface area contributed by atoms with Gasteiger partial charge in [0.2, 0.25) is 0 Å². The number of carbonyl (C=O) groups is 1. The normalized spacial score (nSPS) is 18.3. The lowest BCUT2D eigenvalue weighted by Gasteiger charge is -2.28. The van der Waals surface area contributed by atoms with Crippen molar-refractivity contribution in [3.8, 4) is 0 Å². The summed E-state index contributed by atoms with van der Waals surface area (Å²) in [5.74, 6) is 0.942. The van der Waals surface area contributed by atoms with Crippen molar-refractivity contribution < 1.29 is 4.79 Å². The highest BCUT2D eigenvalue weighted by atomic mass is 16.1. The topological polar surface area (TPSA) is 68.0 Å². The van der Waals surface area contributed by atoms with E-state index in [-0.39, 0.29) is 11.9 Å². The minimum Gasteiger partial charge on any atom is -0.384 e. The van der Waals surface area contributed by atoms with Gasteiger partial charge < -0.3 is 11.1 Å². The number of nitrogens with zero attached hydrogens (tertiary/aromatic N) is 1. The summed E-state index contributed by atoms with van der Waals surface area (Å²) in [5, 5.41) is 3.07. The second kappa shape index (κ2) is 5.85. The number of nitrogen functional groups attached to an aromatic ring is 1. The first-order chi connectivity index (χ1) is 8.66. The molecule has 1 aromatic rings. The summed E-state index contributed by atoms with van der Waals surface area (Å²) in [5.41, 5.74) is 6.17. The molecule has 1 atom stereocenters. The SMILES string of the molecule is CC(NC(=O)c1ccnc(N)c1)C1CCCCC1. The number of amides is 1. The highest BCUT2D eigenvalue weighted by molar-refractivity contribution is 5.94. The smallest absolute Gasteiger partial charge is 0.251 e. The summed E-state index contributed by atoms with van der Waals surface area (Å²) in [7, 11) is 0. The van der Waals surface area contributed by atoms with Crippen LogP contribution in [0.15, 0.2) is 18.3 Å². The van der Waals surface area contributed by atoms with Crippen molar-refractivity contribution in [2.75, 3.05) is 5.73 Å². The summed E-state index contributed by atoms with van der Waals surface area (Å²) in [6.45, 7) is 2.10. The summed E-state index contributed by atoms with van der Waals surface area (Å²) in [4.78, 5) is 15.9. The lowest BCUT2D eigenvalue weighted by Crippen LogP contribution is -2.38. The van der Waals surface area contributed by atoms with Crippen LogP contribution in [0.3, 0.4) is 0 Å². The van der Waals surface area contributed by atoms with Crippen LogP contribution in [0.4, 0.5) is 5.82 Å². The van der Waals surface area contributed by atoms with Gasteiger partial charge in [-0.25, -0.2) is 4.98 Å². The number of nitrogens with two attached hydrogens (primary N) is 1. The molecule has 1 heterocycles.